The van der Waals surface area contributed by atoms with Crippen LogP contribution < -0.4 is 5.32 Å². The molecule has 0 atom stereocenters. The molecule has 0 fully saturated rings. The van der Waals surface area contributed by atoms with Crippen LogP contribution in [0, 0.1) is 6.92 Å². The third kappa shape index (κ3) is 3.04. The fourth-order valence-corrected chi connectivity index (χ4v) is 3.50. The molecule has 24 heavy (non-hydrogen) atoms. The van der Waals surface area contributed by atoms with E-state index in [2.05, 4.69) is 43.2 Å². The lowest BCUT2D eigenvalue weighted by molar-refractivity contribution is 0.0946. The van der Waals surface area contributed by atoms with Crippen molar-refractivity contribution >= 4 is 28.4 Å². The zero-order valence-corrected chi connectivity index (χ0v) is 14.9. The van der Waals surface area contributed by atoms with Gasteiger partial charge in [0.15, 0.2) is 0 Å². The van der Waals surface area contributed by atoms with E-state index in [0.717, 1.165) is 11.2 Å². The molecule has 4 heteroatoms. The summed E-state index contributed by atoms with van der Waals surface area (Å²) in [5.41, 5.74) is 3.78. The Balaban J connectivity index is 1.85. The number of benzene rings is 2. The SMILES string of the molecule is Cc1[nH]c2ccccc2c1C(C)(C)CNC(=O)c1ccccc1Cl. The minimum atomic E-state index is -0.208. The number of H-pyrrole nitrogens is 1. The van der Waals surface area contributed by atoms with Crippen LogP contribution in [0.2, 0.25) is 5.02 Å². The van der Waals surface area contributed by atoms with Gasteiger partial charge < -0.3 is 10.3 Å². The highest BCUT2D eigenvalue weighted by Gasteiger charge is 2.27. The molecule has 3 nitrogen and oxygen atoms in total. The smallest absolute Gasteiger partial charge is 0.252 e. The predicted octanol–water partition coefficient (Wildman–Crippen LogP) is 4.84. The van der Waals surface area contributed by atoms with Gasteiger partial charge in [-0.25, -0.2) is 0 Å². The Hall–Kier alpha value is -2.26. The fraction of sp³-hybridized carbons (Fsp3) is 0.250. The summed E-state index contributed by atoms with van der Waals surface area (Å²) in [5, 5.41) is 4.69. The van der Waals surface area contributed by atoms with Crippen molar-refractivity contribution in [1.29, 1.82) is 0 Å². The van der Waals surface area contributed by atoms with Crippen LogP contribution in [0.15, 0.2) is 48.5 Å². The Labute approximate surface area is 147 Å². The number of carbonyl (C=O) groups is 1. The third-order valence-corrected chi connectivity index (χ3v) is 4.71. The van der Waals surface area contributed by atoms with Crippen molar-refractivity contribution in [2.24, 2.45) is 0 Å². The maximum atomic E-state index is 12.4. The average molecular weight is 341 g/mol. The van der Waals surface area contributed by atoms with Crippen molar-refractivity contribution in [3.63, 3.8) is 0 Å². The van der Waals surface area contributed by atoms with E-state index in [9.17, 15) is 4.79 Å². The summed E-state index contributed by atoms with van der Waals surface area (Å²) < 4.78 is 0. The van der Waals surface area contributed by atoms with Crippen LogP contribution in [0.25, 0.3) is 10.9 Å². The van der Waals surface area contributed by atoms with Crippen molar-refractivity contribution in [2.45, 2.75) is 26.2 Å². The molecular formula is C20H21ClN2O. The van der Waals surface area contributed by atoms with Crippen molar-refractivity contribution in [2.75, 3.05) is 6.54 Å². The first-order valence-electron chi connectivity index (χ1n) is 8.00. The van der Waals surface area contributed by atoms with Crippen LogP contribution in [0.3, 0.4) is 0 Å². The molecule has 0 bridgehead atoms. The molecule has 0 aliphatic carbocycles. The van der Waals surface area contributed by atoms with Crippen LogP contribution in [0.1, 0.15) is 35.5 Å². The minimum Gasteiger partial charge on any atom is -0.358 e. The molecule has 3 aromatic rings. The van der Waals surface area contributed by atoms with Crippen molar-refractivity contribution < 1.29 is 4.79 Å². The Morgan fingerprint density at radius 1 is 1.12 bits per heavy atom. The molecular weight excluding hydrogens is 320 g/mol. The van der Waals surface area contributed by atoms with E-state index in [1.54, 1.807) is 12.1 Å². The van der Waals surface area contributed by atoms with E-state index in [4.69, 9.17) is 11.6 Å². The van der Waals surface area contributed by atoms with Gasteiger partial charge in [-0.3, -0.25) is 4.79 Å². The molecule has 1 heterocycles. The molecule has 0 unspecified atom stereocenters. The number of nitrogens with one attached hydrogen (secondary N) is 2. The molecule has 0 spiro atoms. The van der Waals surface area contributed by atoms with E-state index in [0.29, 0.717) is 17.1 Å². The van der Waals surface area contributed by atoms with Crippen LogP contribution in [0.4, 0.5) is 0 Å². The monoisotopic (exact) mass is 340 g/mol. The molecule has 1 aromatic heterocycles. The summed E-state index contributed by atoms with van der Waals surface area (Å²) in [4.78, 5) is 15.9. The minimum absolute atomic E-state index is 0.147. The van der Waals surface area contributed by atoms with Crippen molar-refractivity contribution in [3.8, 4) is 0 Å². The molecule has 1 amide bonds. The molecule has 0 radical (unpaired) electrons. The number of rotatable bonds is 4. The quantitative estimate of drug-likeness (QED) is 0.701. The molecule has 3 rings (SSSR count). The highest BCUT2D eigenvalue weighted by atomic mass is 35.5. The second-order valence-corrected chi connectivity index (χ2v) is 7.12. The second kappa shape index (κ2) is 6.33. The summed E-state index contributed by atoms with van der Waals surface area (Å²) in [6, 6.07) is 15.4. The number of halogens is 1. The summed E-state index contributed by atoms with van der Waals surface area (Å²) in [5.74, 6) is -0.147. The van der Waals surface area contributed by atoms with E-state index < -0.39 is 0 Å². The number of fused-ring (bicyclic) bond motifs is 1. The molecule has 124 valence electrons. The van der Waals surface area contributed by atoms with E-state index in [-0.39, 0.29) is 11.3 Å². The van der Waals surface area contributed by atoms with Gasteiger partial charge >= 0.3 is 0 Å². The Bertz CT molecular complexity index is 896. The van der Waals surface area contributed by atoms with Gasteiger partial charge in [-0.1, -0.05) is 55.8 Å². The number of hydrogen-bond acceptors (Lipinski definition) is 1. The van der Waals surface area contributed by atoms with Crippen LogP contribution in [0.5, 0.6) is 0 Å². The van der Waals surface area contributed by atoms with Gasteiger partial charge in [-0.2, -0.15) is 0 Å². The summed E-state index contributed by atoms with van der Waals surface area (Å²) >= 11 is 6.11. The number of carbonyl (C=O) groups excluding carboxylic acids is 1. The highest BCUT2D eigenvalue weighted by Crippen LogP contribution is 2.33. The van der Waals surface area contributed by atoms with E-state index in [1.165, 1.54) is 10.9 Å². The predicted molar refractivity (Wildman–Crippen MR) is 99.8 cm³/mol. The zero-order valence-electron chi connectivity index (χ0n) is 14.1. The van der Waals surface area contributed by atoms with Gasteiger partial charge in [0.25, 0.3) is 5.91 Å². The maximum absolute atomic E-state index is 12.4. The summed E-state index contributed by atoms with van der Waals surface area (Å²) in [6.45, 7) is 6.89. The Kier molecular flexibility index (Phi) is 4.37. The van der Waals surface area contributed by atoms with Gasteiger partial charge in [0.05, 0.1) is 10.6 Å². The Morgan fingerprint density at radius 3 is 2.54 bits per heavy atom. The lowest BCUT2D eigenvalue weighted by atomic mass is 9.82. The van der Waals surface area contributed by atoms with E-state index in [1.807, 2.05) is 24.3 Å². The number of hydrogen-bond donors (Lipinski definition) is 2. The van der Waals surface area contributed by atoms with Crippen LogP contribution in [-0.2, 0) is 5.41 Å². The lowest BCUT2D eigenvalue weighted by Crippen LogP contribution is -2.37. The van der Waals surface area contributed by atoms with Gasteiger partial charge in [0.1, 0.15) is 0 Å². The first-order valence-corrected chi connectivity index (χ1v) is 8.38. The van der Waals surface area contributed by atoms with Gasteiger partial charge in [0, 0.05) is 28.6 Å². The number of amides is 1. The number of aromatic amines is 1. The lowest BCUT2D eigenvalue weighted by Gasteiger charge is -2.26. The number of aromatic nitrogens is 1. The second-order valence-electron chi connectivity index (χ2n) is 6.72. The van der Waals surface area contributed by atoms with Crippen molar-refractivity contribution in [1.82, 2.24) is 10.3 Å². The Morgan fingerprint density at radius 2 is 1.79 bits per heavy atom. The third-order valence-electron chi connectivity index (χ3n) is 4.38. The zero-order chi connectivity index (χ0) is 17.3. The van der Waals surface area contributed by atoms with Gasteiger partial charge in [0.2, 0.25) is 0 Å². The van der Waals surface area contributed by atoms with Gasteiger partial charge in [-0.15, -0.1) is 0 Å². The molecule has 0 saturated heterocycles. The first-order chi connectivity index (χ1) is 11.4. The van der Waals surface area contributed by atoms with Crippen LogP contribution in [-0.4, -0.2) is 17.4 Å². The average Bonchev–Trinajstić information content (AvgIpc) is 2.89. The van der Waals surface area contributed by atoms with Crippen LogP contribution >= 0.6 is 11.6 Å². The first kappa shape index (κ1) is 16.6. The highest BCUT2D eigenvalue weighted by molar-refractivity contribution is 6.33. The fourth-order valence-electron chi connectivity index (χ4n) is 3.28. The number of aryl methyl sites for hydroxylation is 1. The summed E-state index contributed by atoms with van der Waals surface area (Å²) in [6.07, 6.45) is 0. The largest absolute Gasteiger partial charge is 0.358 e. The summed E-state index contributed by atoms with van der Waals surface area (Å²) in [7, 11) is 0. The molecule has 0 saturated carbocycles. The molecule has 2 aromatic carbocycles. The normalized spacial score (nSPS) is 11.7. The molecule has 2 N–H and O–H groups in total. The maximum Gasteiger partial charge on any atom is 0.252 e. The number of para-hydroxylation sites is 1. The topological polar surface area (TPSA) is 44.9 Å². The molecule has 0 aliphatic heterocycles. The van der Waals surface area contributed by atoms with Gasteiger partial charge in [-0.05, 0) is 30.7 Å². The molecule has 0 aliphatic rings. The van der Waals surface area contributed by atoms with E-state index >= 15 is 0 Å². The van der Waals surface area contributed by atoms with Crippen molar-refractivity contribution in [3.05, 3.63) is 70.4 Å². The standard InChI is InChI=1S/C20H21ClN2O/c1-13-18(15-9-5-7-11-17(15)23-13)20(2,3)12-22-19(24)14-8-4-6-10-16(14)21/h4-11,23H,12H2,1-3H3,(H,22,24).